The minimum absolute atomic E-state index is 0.119. The Morgan fingerprint density at radius 1 is 1.50 bits per heavy atom. The second-order valence-corrected chi connectivity index (χ2v) is 4.46. The molecule has 1 atom stereocenters. The van der Waals surface area contributed by atoms with Crippen molar-refractivity contribution in [3.63, 3.8) is 0 Å². The molecule has 0 aromatic heterocycles. The van der Waals surface area contributed by atoms with E-state index in [9.17, 15) is 0 Å². The lowest BCUT2D eigenvalue weighted by molar-refractivity contribution is 0.0765. The molecule has 1 aliphatic heterocycles. The monoisotopic (exact) mass is 189 g/mol. The largest absolute Gasteiger partial charge is 0.272 e. The number of rotatable bonds is 1. The highest BCUT2D eigenvalue weighted by Crippen LogP contribution is 2.30. The SMILES string of the molecule is CCN1N=CN(Cl)C1C(C)(C)C. The predicted molar refractivity (Wildman–Crippen MR) is 51.8 cm³/mol. The number of halogens is 1. The van der Waals surface area contributed by atoms with Gasteiger partial charge in [-0.15, -0.1) is 0 Å². The first-order valence-corrected chi connectivity index (χ1v) is 4.55. The Balaban J connectivity index is 2.75. The van der Waals surface area contributed by atoms with Crippen molar-refractivity contribution in [3.05, 3.63) is 0 Å². The van der Waals surface area contributed by atoms with Crippen molar-refractivity contribution >= 4 is 18.1 Å². The third kappa shape index (κ3) is 1.66. The molecule has 12 heavy (non-hydrogen) atoms. The highest BCUT2D eigenvalue weighted by molar-refractivity contribution is 6.19. The summed E-state index contributed by atoms with van der Waals surface area (Å²) in [5.41, 5.74) is 0.119. The Bertz CT molecular complexity index is 185. The van der Waals surface area contributed by atoms with Crippen LogP contribution in [-0.2, 0) is 0 Å². The second-order valence-electron chi connectivity index (χ2n) is 4.07. The minimum Gasteiger partial charge on any atom is -0.272 e. The number of hydrogen-bond acceptors (Lipinski definition) is 3. The number of hydrogen-bond donors (Lipinski definition) is 0. The van der Waals surface area contributed by atoms with E-state index in [4.69, 9.17) is 11.8 Å². The van der Waals surface area contributed by atoms with Crippen molar-refractivity contribution in [2.45, 2.75) is 33.9 Å². The standard InChI is InChI=1S/C8H16ClN3/c1-5-12-7(8(2,3)4)11(9)6-10-12/h6-7H,5H2,1-4H3. The van der Waals surface area contributed by atoms with Gasteiger partial charge in [0.05, 0.1) is 0 Å². The Morgan fingerprint density at radius 2 is 2.08 bits per heavy atom. The molecule has 1 aliphatic rings. The summed E-state index contributed by atoms with van der Waals surface area (Å²) in [6.45, 7) is 9.44. The molecule has 1 unspecified atom stereocenters. The molecule has 4 heteroatoms. The van der Waals surface area contributed by atoms with Gasteiger partial charge >= 0.3 is 0 Å². The third-order valence-corrected chi connectivity index (χ3v) is 2.20. The van der Waals surface area contributed by atoms with Crippen LogP contribution in [0.2, 0.25) is 0 Å². The van der Waals surface area contributed by atoms with Crippen LogP contribution in [0.1, 0.15) is 27.7 Å². The first-order chi connectivity index (χ1) is 5.46. The van der Waals surface area contributed by atoms with Gasteiger partial charge in [-0.25, -0.2) is 4.42 Å². The van der Waals surface area contributed by atoms with Crippen molar-refractivity contribution in [2.24, 2.45) is 10.5 Å². The molecule has 0 aromatic rings. The van der Waals surface area contributed by atoms with Crippen LogP contribution >= 0.6 is 11.8 Å². The maximum Gasteiger partial charge on any atom is 0.139 e. The molecule has 0 aliphatic carbocycles. The van der Waals surface area contributed by atoms with Crippen LogP contribution < -0.4 is 0 Å². The van der Waals surface area contributed by atoms with Gasteiger partial charge in [-0.2, -0.15) is 5.10 Å². The Hall–Kier alpha value is -0.440. The second kappa shape index (κ2) is 3.13. The van der Waals surface area contributed by atoms with Crippen LogP contribution in [0, 0.1) is 5.41 Å². The molecular formula is C8H16ClN3. The molecule has 0 saturated heterocycles. The lowest BCUT2D eigenvalue weighted by atomic mass is 9.92. The smallest absolute Gasteiger partial charge is 0.139 e. The maximum atomic E-state index is 5.98. The quantitative estimate of drug-likeness (QED) is 0.589. The summed E-state index contributed by atoms with van der Waals surface area (Å²) < 4.78 is 1.64. The summed E-state index contributed by atoms with van der Waals surface area (Å²) >= 11 is 5.98. The molecule has 0 fully saturated rings. The van der Waals surface area contributed by atoms with Crippen molar-refractivity contribution in [1.82, 2.24) is 9.43 Å². The summed E-state index contributed by atoms with van der Waals surface area (Å²) in [5, 5.41) is 6.18. The van der Waals surface area contributed by atoms with E-state index in [1.54, 1.807) is 10.8 Å². The maximum absolute atomic E-state index is 5.98. The van der Waals surface area contributed by atoms with Gasteiger partial charge in [-0.05, 0) is 6.92 Å². The molecule has 3 nitrogen and oxygen atoms in total. The minimum atomic E-state index is 0.119. The van der Waals surface area contributed by atoms with E-state index in [0.717, 1.165) is 6.54 Å². The zero-order valence-corrected chi connectivity index (χ0v) is 8.84. The molecule has 0 radical (unpaired) electrons. The van der Waals surface area contributed by atoms with Crippen LogP contribution in [0.5, 0.6) is 0 Å². The van der Waals surface area contributed by atoms with Crippen molar-refractivity contribution in [1.29, 1.82) is 0 Å². The van der Waals surface area contributed by atoms with Gasteiger partial charge in [-0.3, -0.25) is 5.01 Å². The molecule has 0 aromatic carbocycles. The normalized spacial score (nSPS) is 23.9. The molecule has 0 bridgehead atoms. The molecule has 0 spiro atoms. The van der Waals surface area contributed by atoms with Gasteiger partial charge in [0.1, 0.15) is 12.5 Å². The van der Waals surface area contributed by atoms with Crippen LogP contribution in [0.15, 0.2) is 5.10 Å². The zero-order chi connectivity index (χ0) is 9.35. The van der Waals surface area contributed by atoms with Gasteiger partial charge in [0.25, 0.3) is 0 Å². The van der Waals surface area contributed by atoms with E-state index in [2.05, 4.69) is 32.8 Å². The summed E-state index contributed by atoms with van der Waals surface area (Å²) in [7, 11) is 0. The van der Waals surface area contributed by atoms with Crippen molar-refractivity contribution < 1.29 is 0 Å². The van der Waals surface area contributed by atoms with Crippen molar-refractivity contribution in [3.8, 4) is 0 Å². The fourth-order valence-electron chi connectivity index (χ4n) is 1.44. The first kappa shape index (κ1) is 9.65. The molecule has 70 valence electrons. The average Bonchev–Trinajstić information content (AvgIpc) is 2.29. The summed E-state index contributed by atoms with van der Waals surface area (Å²) in [6.07, 6.45) is 1.84. The van der Waals surface area contributed by atoms with Gasteiger partial charge in [0, 0.05) is 23.7 Å². The van der Waals surface area contributed by atoms with Gasteiger partial charge in [0.2, 0.25) is 0 Å². The zero-order valence-electron chi connectivity index (χ0n) is 8.08. The summed E-state index contributed by atoms with van der Waals surface area (Å²) in [5.74, 6) is 0. The highest BCUT2D eigenvalue weighted by atomic mass is 35.5. The van der Waals surface area contributed by atoms with Gasteiger partial charge < -0.3 is 0 Å². The van der Waals surface area contributed by atoms with Crippen LogP contribution in [0.25, 0.3) is 0 Å². The van der Waals surface area contributed by atoms with E-state index >= 15 is 0 Å². The van der Waals surface area contributed by atoms with Crippen LogP contribution in [0.4, 0.5) is 0 Å². The Morgan fingerprint density at radius 3 is 2.42 bits per heavy atom. The lowest BCUT2D eigenvalue weighted by Gasteiger charge is -2.35. The lowest BCUT2D eigenvalue weighted by Crippen LogP contribution is -2.44. The van der Waals surface area contributed by atoms with Crippen LogP contribution in [0.3, 0.4) is 0 Å². The highest BCUT2D eigenvalue weighted by Gasteiger charge is 2.36. The predicted octanol–water partition coefficient (Wildman–Crippen LogP) is 2.09. The summed E-state index contributed by atoms with van der Waals surface area (Å²) in [4.78, 5) is 0. The van der Waals surface area contributed by atoms with Crippen molar-refractivity contribution in [2.75, 3.05) is 6.54 Å². The van der Waals surface area contributed by atoms with E-state index in [-0.39, 0.29) is 11.6 Å². The number of hydrazone groups is 1. The molecule has 1 heterocycles. The Labute approximate surface area is 79.1 Å². The first-order valence-electron chi connectivity index (χ1n) is 4.21. The third-order valence-electron chi connectivity index (χ3n) is 1.92. The Kier molecular flexibility index (Phi) is 2.52. The van der Waals surface area contributed by atoms with Gasteiger partial charge in [0.15, 0.2) is 0 Å². The number of nitrogens with zero attached hydrogens (tertiary/aromatic N) is 3. The van der Waals surface area contributed by atoms with E-state index in [1.165, 1.54) is 0 Å². The van der Waals surface area contributed by atoms with Crippen LogP contribution in [-0.4, -0.2) is 28.5 Å². The average molecular weight is 190 g/mol. The van der Waals surface area contributed by atoms with E-state index in [1.807, 2.05) is 5.01 Å². The molecule has 0 amide bonds. The molecule has 0 saturated carbocycles. The molecule has 0 N–H and O–H groups in total. The van der Waals surface area contributed by atoms with E-state index in [0.29, 0.717) is 0 Å². The van der Waals surface area contributed by atoms with Gasteiger partial charge in [-0.1, -0.05) is 20.8 Å². The fourth-order valence-corrected chi connectivity index (χ4v) is 1.87. The topological polar surface area (TPSA) is 18.8 Å². The summed E-state index contributed by atoms with van der Waals surface area (Å²) in [6, 6.07) is 0. The molecular weight excluding hydrogens is 174 g/mol. The fraction of sp³-hybridized carbons (Fsp3) is 0.875. The molecule has 1 rings (SSSR count). The van der Waals surface area contributed by atoms with E-state index < -0.39 is 0 Å².